The molecule has 0 fully saturated rings. The molecule has 4 aromatic rings. The summed E-state index contributed by atoms with van der Waals surface area (Å²) in [5.74, 6) is -6.79. The zero-order valence-corrected chi connectivity index (χ0v) is 45.6. The number of anilines is 4. The molecular weight excluding hydrogens is 967 g/mol. The van der Waals surface area contributed by atoms with Gasteiger partial charge < -0.3 is 31.1 Å². The maximum Gasteiger partial charge on any atom is 0.274 e. The molecule has 5 rings (SSSR count). The Kier molecular flexibility index (Phi) is 26.0. The van der Waals surface area contributed by atoms with E-state index in [1.54, 1.807) is 9.80 Å². The Hall–Kier alpha value is -6.58. The normalized spacial score (nSPS) is 12.6. The van der Waals surface area contributed by atoms with Gasteiger partial charge in [0.25, 0.3) is 35.4 Å². The smallest absolute Gasteiger partial charge is 0.274 e. The third kappa shape index (κ3) is 18.9. The van der Waals surface area contributed by atoms with Crippen LogP contribution in [0.5, 0.6) is 0 Å². The molecule has 2 aromatic carbocycles. The molecule has 0 saturated carbocycles. The Morgan fingerprint density at radius 1 is 0.382 bits per heavy atom. The number of carbonyl (C=O) groups excluding carboxylic acids is 6. The summed E-state index contributed by atoms with van der Waals surface area (Å²) in [6.45, 7) is 10.4. The number of carbonyl (C=O) groups is 6. The first-order valence-electron chi connectivity index (χ1n) is 28.3. The van der Waals surface area contributed by atoms with Crippen molar-refractivity contribution in [3.63, 3.8) is 0 Å². The fourth-order valence-corrected chi connectivity index (χ4v) is 9.31. The second-order valence-electron chi connectivity index (χ2n) is 20.1. The predicted molar refractivity (Wildman–Crippen MR) is 298 cm³/mol. The molecule has 0 saturated heterocycles. The summed E-state index contributed by atoms with van der Waals surface area (Å²) in [5, 5.41) is 9.99. The number of rotatable bonds is 30. The number of nitrogens with zero attached hydrogens (tertiary/aromatic N) is 4. The van der Waals surface area contributed by atoms with Gasteiger partial charge in [-0.25, -0.2) is 18.7 Å². The third-order valence-corrected chi connectivity index (χ3v) is 13.8. The second-order valence-corrected chi connectivity index (χ2v) is 20.1. The maximum absolute atomic E-state index is 16.7. The largest absolute Gasteiger partial charge is 0.339 e. The minimum absolute atomic E-state index is 0.00208. The molecule has 0 atom stereocenters. The van der Waals surface area contributed by atoms with Gasteiger partial charge in [-0.05, 0) is 74.2 Å². The summed E-state index contributed by atoms with van der Waals surface area (Å²) in [4.78, 5) is 97.0. The summed E-state index contributed by atoms with van der Waals surface area (Å²) in [5.41, 5.74) is -3.09. The van der Waals surface area contributed by atoms with Gasteiger partial charge in [0, 0.05) is 37.3 Å². The van der Waals surface area contributed by atoms with Gasteiger partial charge in [0.1, 0.15) is 22.8 Å². The van der Waals surface area contributed by atoms with Crippen molar-refractivity contribution in [1.29, 1.82) is 0 Å². The van der Waals surface area contributed by atoms with Gasteiger partial charge in [0.2, 0.25) is 0 Å². The van der Waals surface area contributed by atoms with E-state index < -0.39 is 69.8 Å². The minimum Gasteiger partial charge on any atom is -0.339 e. The molecule has 14 nitrogen and oxygen atoms in total. The van der Waals surface area contributed by atoms with E-state index in [-0.39, 0.29) is 33.9 Å². The Labute approximate surface area is 449 Å². The first-order chi connectivity index (χ1) is 36.9. The number of amides is 6. The third-order valence-electron chi connectivity index (χ3n) is 13.8. The molecule has 8 bridgehead atoms. The Bertz CT molecular complexity index is 2240. The highest BCUT2D eigenvalue weighted by Crippen LogP contribution is 2.30. The van der Waals surface area contributed by atoms with Crippen LogP contribution in [0.2, 0.25) is 0 Å². The van der Waals surface area contributed by atoms with Crippen LogP contribution in [0, 0.1) is 11.6 Å². The summed E-state index contributed by atoms with van der Waals surface area (Å²) in [6.07, 6.45) is 24.3. The zero-order chi connectivity index (χ0) is 54.7. The topological polar surface area (TPSA) is 183 Å². The van der Waals surface area contributed by atoms with Gasteiger partial charge in [0.15, 0.2) is 11.6 Å². The summed E-state index contributed by atoms with van der Waals surface area (Å²) < 4.78 is 33.4. The Morgan fingerprint density at radius 3 is 0.842 bits per heavy atom. The molecular formula is C60H82F2N8O6. The second kappa shape index (κ2) is 32.8. The molecule has 4 N–H and O–H groups in total. The lowest BCUT2D eigenvalue weighted by molar-refractivity contribution is 0.0741. The van der Waals surface area contributed by atoms with Crippen LogP contribution in [0.1, 0.15) is 244 Å². The van der Waals surface area contributed by atoms with E-state index in [0.717, 1.165) is 154 Å². The number of unbranched alkanes of at least 4 members (excludes halogenated alkanes) is 20. The van der Waals surface area contributed by atoms with E-state index in [4.69, 9.17) is 0 Å². The van der Waals surface area contributed by atoms with E-state index in [1.807, 2.05) is 0 Å². The van der Waals surface area contributed by atoms with Crippen LogP contribution in [0.15, 0.2) is 60.7 Å². The number of aromatic nitrogens is 2. The van der Waals surface area contributed by atoms with Crippen molar-refractivity contribution in [3.8, 4) is 0 Å². The standard InChI is InChI=1S/C60H82F2N8O6/c1-5-9-13-17-21-25-35-69(36-26-22-18-14-10-6-2)59(75)43-39-49-53(61)50(40-43)66-56(72)46-32-30-34-48(64-46)58(74)68-52-42-44(41-51(54(52)62)67-57(73)47-33-29-31-45(63-47)55(71)65-49)60(76)70(37-27-23-19-15-11-7-3)38-28-24-20-16-12-8-4/h29-34,39-42H,5-28,35-38H2,1-4H3,(H,65,71)(H,66,72)(H,67,73)(H,68,74). The maximum atomic E-state index is 16.7. The monoisotopic (exact) mass is 1050 g/mol. The molecule has 1 aliphatic rings. The number of fused-ring (bicyclic) bond motifs is 8. The van der Waals surface area contributed by atoms with Crippen LogP contribution < -0.4 is 21.3 Å². The number of nitrogens with one attached hydrogen (secondary N) is 4. The number of hydrogen-bond donors (Lipinski definition) is 4. The first kappa shape index (κ1) is 60.3. The lowest BCUT2D eigenvalue weighted by atomic mass is 10.1. The van der Waals surface area contributed by atoms with Crippen molar-refractivity contribution in [2.75, 3.05) is 47.4 Å². The summed E-state index contributed by atoms with van der Waals surface area (Å²) >= 11 is 0. The average molecular weight is 1050 g/mol. The summed E-state index contributed by atoms with van der Waals surface area (Å²) in [6, 6.07) is 12.8. The van der Waals surface area contributed by atoms with Crippen molar-refractivity contribution in [2.45, 2.75) is 182 Å². The van der Waals surface area contributed by atoms with Crippen LogP contribution in [-0.2, 0) is 0 Å². The van der Waals surface area contributed by atoms with Crippen molar-refractivity contribution in [1.82, 2.24) is 19.8 Å². The molecule has 412 valence electrons. The Morgan fingerprint density at radius 2 is 0.605 bits per heavy atom. The van der Waals surface area contributed by atoms with Gasteiger partial charge in [0.05, 0.1) is 22.7 Å². The lowest BCUT2D eigenvalue weighted by Crippen LogP contribution is -2.33. The predicted octanol–water partition coefficient (Wildman–Crippen LogP) is 14.4. The van der Waals surface area contributed by atoms with Crippen molar-refractivity contribution in [3.05, 3.63) is 106 Å². The number of halogens is 2. The van der Waals surface area contributed by atoms with E-state index in [9.17, 15) is 28.8 Å². The molecule has 6 amide bonds. The fourth-order valence-electron chi connectivity index (χ4n) is 9.31. The molecule has 16 heteroatoms. The SMILES string of the molecule is CCCCCCCCN(CCCCCCCC)C(=O)c1cc2c(F)c(c1)NC(=O)c1cccc(n1)C(=O)Nc1cc(C(=O)N(CCCCCCCC)CCCCCCCC)cc(c1F)NC(=O)c1cccc(n1)C(=O)N2. The number of pyridine rings is 2. The average Bonchev–Trinajstić information content (AvgIpc) is 3.43. The van der Waals surface area contributed by atoms with Crippen molar-refractivity contribution < 1.29 is 37.5 Å². The van der Waals surface area contributed by atoms with E-state index >= 15 is 8.78 Å². The fraction of sp³-hybridized carbons (Fsp3) is 0.533. The number of hydrogen-bond acceptors (Lipinski definition) is 8. The van der Waals surface area contributed by atoms with Crippen LogP contribution in [0.4, 0.5) is 31.5 Å². The molecule has 0 aliphatic carbocycles. The van der Waals surface area contributed by atoms with Gasteiger partial charge in [-0.1, -0.05) is 168 Å². The van der Waals surface area contributed by atoms with E-state index in [1.165, 1.54) is 60.7 Å². The van der Waals surface area contributed by atoms with Gasteiger partial charge in [-0.15, -0.1) is 0 Å². The molecule has 0 unspecified atom stereocenters. The first-order valence-corrected chi connectivity index (χ1v) is 28.3. The highest BCUT2D eigenvalue weighted by Gasteiger charge is 2.27. The van der Waals surface area contributed by atoms with Gasteiger partial charge in [-0.2, -0.15) is 0 Å². The molecule has 3 heterocycles. The molecule has 2 aromatic heterocycles. The van der Waals surface area contributed by atoms with Crippen LogP contribution in [0.25, 0.3) is 0 Å². The highest BCUT2D eigenvalue weighted by molar-refractivity contribution is 6.10. The zero-order valence-electron chi connectivity index (χ0n) is 45.6. The van der Waals surface area contributed by atoms with Crippen molar-refractivity contribution >= 4 is 58.2 Å². The molecule has 0 spiro atoms. The van der Waals surface area contributed by atoms with Crippen LogP contribution in [-0.4, -0.2) is 81.4 Å². The van der Waals surface area contributed by atoms with Crippen molar-refractivity contribution in [2.24, 2.45) is 0 Å². The minimum atomic E-state index is -1.08. The van der Waals surface area contributed by atoms with Crippen LogP contribution >= 0.6 is 0 Å². The van der Waals surface area contributed by atoms with E-state index in [0.29, 0.717) is 26.2 Å². The van der Waals surface area contributed by atoms with Gasteiger partial charge in [-0.3, -0.25) is 28.8 Å². The quantitative estimate of drug-likeness (QED) is 0.0372. The lowest BCUT2D eigenvalue weighted by Gasteiger charge is -2.24. The number of benzene rings is 2. The van der Waals surface area contributed by atoms with Crippen LogP contribution in [0.3, 0.4) is 0 Å². The highest BCUT2D eigenvalue weighted by atomic mass is 19.1. The molecule has 0 radical (unpaired) electrons. The molecule has 76 heavy (non-hydrogen) atoms. The Balaban J connectivity index is 1.52. The molecule has 1 aliphatic heterocycles. The van der Waals surface area contributed by atoms with Gasteiger partial charge >= 0.3 is 0 Å². The van der Waals surface area contributed by atoms with E-state index in [2.05, 4.69) is 58.9 Å². The summed E-state index contributed by atoms with van der Waals surface area (Å²) in [7, 11) is 0.